The van der Waals surface area contributed by atoms with Gasteiger partial charge in [0.2, 0.25) is 5.91 Å². The number of hydrogen-bond acceptors (Lipinski definition) is 5. The molecule has 1 amide bonds. The summed E-state index contributed by atoms with van der Waals surface area (Å²) < 4.78 is 7.01. The maximum atomic E-state index is 13.1. The molecule has 1 aliphatic carbocycles. The fourth-order valence-corrected chi connectivity index (χ4v) is 4.74. The largest absolute Gasteiger partial charge is 0.467 e. The molecule has 0 radical (unpaired) electrons. The summed E-state index contributed by atoms with van der Waals surface area (Å²) >= 11 is 1.27. The first-order valence-corrected chi connectivity index (χ1v) is 11.6. The standard InChI is InChI=1S/C25H23N3O3S/c29-22(26-17-25(12-13-25)18-7-2-1-3-8-18)16-32-24-27-21-11-5-4-10-20(21)23(30)28(24)15-19-9-6-14-31-19/h1-11,14H,12-13,15-17H2,(H,26,29). The fourth-order valence-electron chi connectivity index (χ4n) is 3.91. The molecule has 0 atom stereocenters. The van der Waals surface area contributed by atoms with E-state index >= 15 is 0 Å². The van der Waals surface area contributed by atoms with Crippen LogP contribution in [-0.2, 0) is 16.8 Å². The van der Waals surface area contributed by atoms with Gasteiger partial charge in [-0.2, -0.15) is 0 Å². The van der Waals surface area contributed by atoms with Crippen LogP contribution in [0.4, 0.5) is 0 Å². The highest BCUT2D eigenvalue weighted by Crippen LogP contribution is 2.47. The SMILES string of the molecule is O=C(CSc1nc2ccccc2c(=O)n1Cc1ccco1)NCC1(c2ccccc2)CC1. The maximum absolute atomic E-state index is 13.1. The van der Waals surface area contributed by atoms with Crippen molar-refractivity contribution >= 4 is 28.6 Å². The third kappa shape index (κ3) is 4.21. The lowest BCUT2D eigenvalue weighted by molar-refractivity contribution is -0.118. The highest BCUT2D eigenvalue weighted by molar-refractivity contribution is 7.99. The minimum absolute atomic E-state index is 0.0597. The third-order valence-corrected chi connectivity index (χ3v) is 6.89. The topological polar surface area (TPSA) is 77.1 Å². The number of nitrogens with one attached hydrogen (secondary N) is 1. The lowest BCUT2D eigenvalue weighted by Gasteiger charge is -2.17. The van der Waals surface area contributed by atoms with Gasteiger partial charge in [-0.15, -0.1) is 0 Å². The first-order chi connectivity index (χ1) is 15.6. The molecule has 2 heterocycles. The summed E-state index contributed by atoms with van der Waals surface area (Å²) in [5.74, 6) is 0.784. The number of thioether (sulfide) groups is 1. The van der Waals surface area contributed by atoms with Gasteiger partial charge in [-0.1, -0.05) is 54.2 Å². The van der Waals surface area contributed by atoms with Crippen molar-refractivity contribution in [1.29, 1.82) is 0 Å². The molecule has 1 fully saturated rings. The number of para-hydroxylation sites is 1. The van der Waals surface area contributed by atoms with Crippen LogP contribution in [0.15, 0.2) is 87.4 Å². The zero-order valence-corrected chi connectivity index (χ0v) is 18.3. The molecule has 162 valence electrons. The van der Waals surface area contributed by atoms with Crippen molar-refractivity contribution in [2.45, 2.75) is 30.0 Å². The molecule has 0 spiro atoms. The minimum Gasteiger partial charge on any atom is -0.467 e. The molecule has 0 aliphatic heterocycles. The average Bonchev–Trinajstić information content (AvgIpc) is 3.45. The van der Waals surface area contributed by atoms with E-state index in [1.54, 1.807) is 23.0 Å². The number of fused-ring (bicyclic) bond motifs is 1. The summed E-state index contributed by atoms with van der Waals surface area (Å²) in [4.78, 5) is 30.4. The lowest BCUT2D eigenvalue weighted by Crippen LogP contribution is -2.33. The van der Waals surface area contributed by atoms with Crippen LogP contribution >= 0.6 is 11.8 Å². The van der Waals surface area contributed by atoms with Crippen LogP contribution in [0, 0.1) is 0 Å². The zero-order valence-electron chi connectivity index (χ0n) is 17.5. The van der Waals surface area contributed by atoms with Crippen molar-refractivity contribution in [1.82, 2.24) is 14.9 Å². The van der Waals surface area contributed by atoms with E-state index in [4.69, 9.17) is 4.42 Å². The predicted octanol–water partition coefficient (Wildman–Crippen LogP) is 3.98. The number of hydrogen-bond donors (Lipinski definition) is 1. The van der Waals surface area contributed by atoms with Gasteiger partial charge < -0.3 is 9.73 Å². The number of nitrogens with zero attached hydrogens (tertiary/aromatic N) is 2. The van der Waals surface area contributed by atoms with E-state index in [0.29, 0.717) is 28.4 Å². The summed E-state index contributed by atoms with van der Waals surface area (Å²) in [5.41, 5.74) is 1.81. The molecule has 6 nitrogen and oxygen atoms in total. The van der Waals surface area contributed by atoms with Gasteiger partial charge in [0.15, 0.2) is 5.16 Å². The molecule has 0 unspecified atom stereocenters. The Labute approximate surface area is 189 Å². The van der Waals surface area contributed by atoms with Crippen molar-refractivity contribution in [3.8, 4) is 0 Å². The van der Waals surface area contributed by atoms with Gasteiger partial charge in [0.05, 0.1) is 29.5 Å². The van der Waals surface area contributed by atoms with Gasteiger partial charge in [0.1, 0.15) is 5.76 Å². The van der Waals surface area contributed by atoms with Crippen LogP contribution in [-0.4, -0.2) is 27.8 Å². The van der Waals surface area contributed by atoms with E-state index in [1.165, 1.54) is 17.3 Å². The molecule has 1 N–H and O–H groups in total. The van der Waals surface area contributed by atoms with Gasteiger partial charge in [-0.3, -0.25) is 14.2 Å². The zero-order chi connectivity index (χ0) is 22.0. The summed E-state index contributed by atoms with van der Waals surface area (Å²) in [6, 6.07) is 21.2. The molecule has 2 aromatic heterocycles. The van der Waals surface area contributed by atoms with Crippen molar-refractivity contribution in [2.75, 3.05) is 12.3 Å². The Morgan fingerprint density at radius 2 is 1.84 bits per heavy atom. The normalized spacial score (nSPS) is 14.4. The second-order valence-electron chi connectivity index (χ2n) is 8.09. The Balaban J connectivity index is 1.31. The van der Waals surface area contributed by atoms with Crippen LogP contribution in [0.25, 0.3) is 10.9 Å². The molecule has 4 aromatic rings. The van der Waals surface area contributed by atoms with Gasteiger partial charge in [-0.25, -0.2) is 4.98 Å². The summed E-state index contributed by atoms with van der Waals surface area (Å²) in [6.45, 7) is 0.894. The molecule has 5 rings (SSSR count). The molecular weight excluding hydrogens is 422 g/mol. The van der Waals surface area contributed by atoms with Crippen molar-refractivity contribution < 1.29 is 9.21 Å². The summed E-state index contributed by atoms with van der Waals surface area (Å²) in [7, 11) is 0. The monoisotopic (exact) mass is 445 g/mol. The van der Waals surface area contributed by atoms with E-state index in [0.717, 1.165) is 12.8 Å². The number of furan rings is 1. The molecular formula is C25H23N3O3S. The number of carbonyl (C=O) groups is 1. The third-order valence-electron chi connectivity index (χ3n) is 5.92. The van der Waals surface area contributed by atoms with Crippen LogP contribution in [0.2, 0.25) is 0 Å². The van der Waals surface area contributed by atoms with E-state index in [-0.39, 0.29) is 29.2 Å². The van der Waals surface area contributed by atoms with Crippen molar-refractivity contribution in [2.24, 2.45) is 0 Å². The fraction of sp³-hybridized carbons (Fsp3) is 0.240. The van der Waals surface area contributed by atoms with E-state index in [2.05, 4.69) is 22.4 Å². The number of rotatable bonds is 8. The maximum Gasteiger partial charge on any atom is 0.262 e. The second kappa shape index (κ2) is 8.67. The first kappa shape index (κ1) is 20.6. The number of benzene rings is 2. The van der Waals surface area contributed by atoms with Crippen molar-refractivity contribution in [3.05, 3.63) is 94.7 Å². The number of amides is 1. The molecule has 1 aliphatic rings. The van der Waals surface area contributed by atoms with Gasteiger partial charge in [-0.05, 0) is 42.7 Å². The van der Waals surface area contributed by atoms with Crippen LogP contribution in [0.5, 0.6) is 0 Å². The highest BCUT2D eigenvalue weighted by atomic mass is 32.2. The Kier molecular flexibility index (Phi) is 5.57. The first-order valence-electron chi connectivity index (χ1n) is 10.6. The summed E-state index contributed by atoms with van der Waals surface area (Å²) in [6.07, 6.45) is 3.74. The molecule has 2 aromatic carbocycles. The van der Waals surface area contributed by atoms with E-state index in [9.17, 15) is 9.59 Å². The predicted molar refractivity (Wildman–Crippen MR) is 125 cm³/mol. The van der Waals surface area contributed by atoms with E-state index in [1.807, 2.05) is 42.5 Å². The lowest BCUT2D eigenvalue weighted by atomic mass is 9.96. The number of carbonyl (C=O) groups excluding carboxylic acids is 1. The molecule has 32 heavy (non-hydrogen) atoms. The van der Waals surface area contributed by atoms with Crippen LogP contribution in [0.3, 0.4) is 0 Å². The Hall–Kier alpha value is -3.32. The Morgan fingerprint density at radius 3 is 2.59 bits per heavy atom. The smallest absolute Gasteiger partial charge is 0.262 e. The molecule has 0 saturated heterocycles. The van der Waals surface area contributed by atoms with Gasteiger partial charge in [0.25, 0.3) is 5.56 Å². The van der Waals surface area contributed by atoms with Gasteiger partial charge in [0, 0.05) is 12.0 Å². The summed E-state index contributed by atoms with van der Waals surface area (Å²) in [5, 5.41) is 4.13. The molecule has 1 saturated carbocycles. The van der Waals surface area contributed by atoms with Crippen LogP contribution in [0.1, 0.15) is 24.2 Å². The molecule has 0 bridgehead atoms. The van der Waals surface area contributed by atoms with Crippen LogP contribution < -0.4 is 10.9 Å². The minimum atomic E-state index is -0.143. The molecule has 7 heteroatoms. The average molecular weight is 446 g/mol. The van der Waals surface area contributed by atoms with Crippen molar-refractivity contribution in [3.63, 3.8) is 0 Å². The van der Waals surface area contributed by atoms with E-state index < -0.39 is 0 Å². The highest BCUT2D eigenvalue weighted by Gasteiger charge is 2.44. The Morgan fingerprint density at radius 1 is 1.06 bits per heavy atom. The number of aromatic nitrogens is 2. The quantitative estimate of drug-likeness (QED) is 0.328. The Bertz CT molecular complexity index is 1300. The second-order valence-corrected chi connectivity index (χ2v) is 9.04. The van der Waals surface area contributed by atoms with Gasteiger partial charge >= 0.3 is 0 Å².